The van der Waals surface area contributed by atoms with E-state index in [4.69, 9.17) is 0 Å². The van der Waals surface area contributed by atoms with Crippen LogP contribution in [0.4, 0.5) is 19.0 Å². The van der Waals surface area contributed by atoms with Crippen molar-refractivity contribution in [2.45, 2.75) is 57.8 Å². The highest BCUT2D eigenvalue weighted by Gasteiger charge is 2.48. The van der Waals surface area contributed by atoms with Crippen LogP contribution >= 0.6 is 11.3 Å². The number of aromatic nitrogens is 2. The first-order valence-corrected chi connectivity index (χ1v) is 11.3. The summed E-state index contributed by atoms with van der Waals surface area (Å²) in [6.45, 7) is 4.82. The van der Waals surface area contributed by atoms with Crippen LogP contribution in [0, 0.1) is 18.8 Å². The molecule has 1 saturated heterocycles. The summed E-state index contributed by atoms with van der Waals surface area (Å²) in [5, 5.41) is 9.33. The minimum Gasteiger partial charge on any atom is -0.367 e. The molecule has 0 unspecified atom stereocenters. The van der Waals surface area contributed by atoms with Crippen LogP contribution in [-0.4, -0.2) is 45.9 Å². The molecule has 164 valence electrons. The van der Waals surface area contributed by atoms with Crippen LogP contribution < -0.4 is 5.32 Å². The molecular weight excluding hydrogens is 413 g/mol. The summed E-state index contributed by atoms with van der Waals surface area (Å²) in [5.41, 5.74) is 0.565. The van der Waals surface area contributed by atoms with Crippen molar-refractivity contribution < 1.29 is 18.0 Å². The number of carbonyl (C=O) groups excluding carboxylic acids is 1. The molecule has 1 fully saturated rings. The molecule has 0 radical (unpaired) electrons. The van der Waals surface area contributed by atoms with Crippen LogP contribution in [0.1, 0.15) is 42.8 Å². The second kappa shape index (κ2) is 8.24. The molecular formula is C21H27F3N4OS. The van der Waals surface area contributed by atoms with Gasteiger partial charge in [0.05, 0.1) is 5.69 Å². The average Bonchev–Trinajstić information content (AvgIpc) is 3.34. The van der Waals surface area contributed by atoms with Crippen molar-refractivity contribution in [1.29, 1.82) is 0 Å². The molecule has 2 aromatic heterocycles. The minimum absolute atomic E-state index is 0.00885. The molecule has 5 nitrogen and oxygen atoms in total. The summed E-state index contributed by atoms with van der Waals surface area (Å²) in [7, 11) is 0. The maximum Gasteiger partial charge on any atom is 0.410 e. The second-order valence-electron chi connectivity index (χ2n) is 8.53. The number of alkyl halides is 3. The number of aryl methyl sites for hydroxylation is 1. The Hall–Kier alpha value is -2.03. The van der Waals surface area contributed by atoms with E-state index in [0.717, 1.165) is 17.5 Å². The van der Waals surface area contributed by atoms with Crippen molar-refractivity contribution in [3.8, 4) is 0 Å². The van der Waals surface area contributed by atoms with Crippen LogP contribution in [0.15, 0.2) is 23.6 Å². The van der Waals surface area contributed by atoms with Gasteiger partial charge in [-0.3, -0.25) is 4.79 Å². The van der Waals surface area contributed by atoms with Crippen LogP contribution in [-0.2, 0) is 11.2 Å². The molecule has 2 aliphatic heterocycles. The molecule has 0 bridgehead atoms. The lowest BCUT2D eigenvalue weighted by atomic mass is 9.85. The fraction of sp³-hybridized carbons (Fsp3) is 0.619. The van der Waals surface area contributed by atoms with E-state index in [9.17, 15) is 18.0 Å². The first kappa shape index (κ1) is 21.2. The van der Waals surface area contributed by atoms with E-state index < -0.39 is 12.2 Å². The molecule has 1 N–H and O–H groups in total. The number of rotatable bonds is 4. The topological polar surface area (TPSA) is 50.2 Å². The number of piperidine rings is 1. The van der Waals surface area contributed by atoms with Crippen LogP contribution in [0.5, 0.6) is 0 Å². The van der Waals surface area contributed by atoms with E-state index >= 15 is 0 Å². The van der Waals surface area contributed by atoms with Gasteiger partial charge in [-0.15, -0.1) is 11.3 Å². The smallest absolute Gasteiger partial charge is 0.367 e. The number of halogens is 3. The van der Waals surface area contributed by atoms with Crippen LogP contribution in [0.2, 0.25) is 0 Å². The zero-order valence-electron chi connectivity index (χ0n) is 17.2. The first-order valence-electron chi connectivity index (χ1n) is 10.4. The Kier molecular flexibility index (Phi) is 5.83. The van der Waals surface area contributed by atoms with Gasteiger partial charge < -0.3 is 10.2 Å². The SMILES string of the molecule is Cc1cc2n(n1)[C@@H](C(F)(F)F)C[C@@H]([C@@H]1CCCN(C(=O)[C@@H](C)Cc3cccs3)C1)N2. The number of thiophene rings is 1. The van der Waals surface area contributed by atoms with Gasteiger partial charge in [0.25, 0.3) is 0 Å². The molecule has 0 spiro atoms. The summed E-state index contributed by atoms with van der Waals surface area (Å²) >= 11 is 1.64. The van der Waals surface area contributed by atoms with Crippen molar-refractivity contribution in [3.05, 3.63) is 34.2 Å². The molecule has 0 aliphatic carbocycles. The Balaban J connectivity index is 1.46. The first-order chi connectivity index (χ1) is 14.2. The predicted molar refractivity (Wildman–Crippen MR) is 111 cm³/mol. The van der Waals surface area contributed by atoms with Gasteiger partial charge in [-0.25, -0.2) is 4.68 Å². The van der Waals surface area contributed by atoms with Crippen molar-refractivity contribution >= 4 is 23.1 Å². The Labute approximate surface area is 178 Å². The van der Waals surface area contributed by atoms with Crippen molar-refractivity contribution in [2.24, 2.45) is 11.8 Å². The number of amides is 1. The number of hydrogen-bond donors (Lipinski definition) is 1. The van der Waals surface area contributed by atoms with Gasteiger partial charge in [-0.2, -0.15) is 18.3 Å². The van der Waals surface area contributed by atoms with Gasteiger partial charge in [0.2, 0.25) is 5.91 Å². The summed E-state index contributed by atoms with van der Waals surface area (Å²) in [6, 6.07) is 3.72. The Morgan fingerprint density at radius 3 is 2.93 bits per heavy atom. The predicted octanol–water partition coefficient (Wildman–Crippen LogP) is 4.66. The number of nitrogens with one attached hydrogen (secondary N) is 1. The highest BCUT2D eigenvalue weighted by atomic mass is 32.1. The van der Waals surface area contributed by atoms with Gasteiger partial charge in [-0.1, -0.05) is 13.0 Å². The van der Waals surface area contributed by atoms with Gasteiger partial charge in [0.1, 0.15) is 5.82 Å². The number of fused-ring (bicyclic) bond motifs is 1. The fourth-order valence-electron chi connectivity index (χ4n) is 4.70. The van der Waals surface area contributed by atoms with Gasteiger partial charge in [-0.05, 0) is 50.0 Å². The van der Waals surface area contributed by atoms with Crippen molar-refractivity contribution in [2.75, 3.05) is 18.4 Å². The molecule has 0 saturated carbocycles. The fourth-order valence-corrected chi connectivity index (χ4v) is 5.54. The number of hydrogen-bond acceptors (Lipinski definition) is 4. The summed E-state index contributed by atoms with van der Waals surface area (Å²) in [6.07, 6.45) is -2.08. The molecule has 2 aliphatic rings. The third-order valence-electron chi connectivity index (χ3n) is 6.19. The van der Waals surface area contributed by atoms with Gasteiger partial charge in [0, 0.05) is 36.0 Å². The van der Waals surface area contributed by atoms with E-state index in [1.807, 2.05) is 29.3 Å². The Morgan fingerprint density at radius 1 is 1.43 bits per heavy atom. The average molecular weight is 441 g/mol. The quantitative estimate of drug-likeness (QED) is 0.753. The van der Waals surface area contributed by atoms with Crippen molar-refractivity contribution in [3.63, 3.8) is 0 Å². The summed E-state index contributed by atoms with van der Waals surface area (Å²) in [5.74, 6) is 0.372. The Morgan fingerprint density at radius 2 is 2.23 bits per heavy atom. The highest BCUT2D eigenvalue weighted by Crippen LogP contribution is 2.42. The zero-order chi connectivity index (χ0) is 21.5. The van der Waals surface area contributed by atoms with Gasteiger partial charge >= 0.3 is 6.18 Å². The number of likely N-dealkylation sites (tertiary alicyclic amines) is 1. The van der Waals surface area contributed by atoms with E-state index in [0.29, 0.717) is 31.0 Å². The number of nitrogens with zero attached hydrogens (tertiary/aromatic N) is 3. The monoisotopic (exact) mass is 440 g/mol. The maximum atomic E-state index is 13.7. The molecule has 9 heteroatoms. The van der Waals surface area contributed by atoms with E-state index in [1.165, 1.54) is 4.88 Å². The normalized spacial score (nSPS) is 25.5. The second-order valence-corrected chi connectivity index (χ2v) is 9.56. The van der Waals surface area contributed by atoms with Gasteiger partial charge in [0.15, 0.2) is 6.04 Å². The number of carbonyl (C=O) groups is 1. The van der Waals surface area contributed by atoms with Crippen LogP contribution in [0.3, 0.4) is 0 Å². The lowest BCUT2D eigenvalue weighted by Crippen LogP contribution is -2.50. The molecule has 4 heterocycles. The third kappa shape index (κ3) is 4.36. The van der Waals surface area contributed by atoms with E-state index in [2.05, 4.69) is 10.4 Å². The third-order valence-corrected chi connectivity index (χ3v) is 7.09. The lowest BCUT2D eigenvalue weighted by molar-refractivity contribution is -0.175. The standard InChI is InChI=1S/C21H27F3N4OS/c1-13(9-16-6-4-8-30-16)20(29)27-7-3-5-15(12-27)17-11-18(21(22,23)24)28-19(25-17)10-14(2)26-28/h4,6,8,10,13,15,17-18,25H,3,5,7,9,11-12H2,1-2H3/t13-,15+,17-,18+/m0/s1. The molecule has 2 aromatic rings. The summed E-state index contributed by atoms with van der Waals surface area (Å²) < 4.78 is 42.2. The summed E-state index contributed by atoms with van der Waals surface area (Å²) in [4.78, 5) is 16.0. The van der Waals surface area contributed by atoms with E-state index in [1.54, 1.807) is 24.3 Å². The molecule has 4 atom stereocenters. The number of anilines is 1. The Bertz CT molecular complexity index is 879. The molecule has 1 amide bonds. The molecule has 4 rings (SSSR count). The van der Waals surface area contributed by atoms with Crippen molar-refractivity contribution in [1.82, 2.24) is 14.7 Å². The zero-order valence-corrected chi connectivity index (χ0v) is 18.0. The maximum absolute atomic E-state index is 13.7. The van der Waals surface area contributed by atoms with E-state index in [-0.39, 0.29) is 30.2 Å². The van der Waals surface area contributed by atoms with Crippen LogP contribution in [0.25, 0.3) is 0 Å². The largest absolute Gasteiger partial charge is 0.410 e. The molecule has 0 aromatic carbocycles. The lowest BCUT2D eigenvalue weighted by Gasteiger charge is -2.42. The molecule has 30 heavy (non-hydrogen) atoms. The minimum atomic E-state index is -4.35. The highest BCUT2D eigenvalue weighted by molar-refractivity contribution is 7.09.